The molecule has 0 aliphatic heterocycles. The molecule has 0 radical (unpaired) electrons. The second-order valence-electron chi connectivity index (χ2n) is 10.1. The van der Waals surface area contributed by atoms with Crippen LogP contribution in [0.2, 0.25) is 0 Å². The number of nitrogens with one attached hydrogen (secondary N) is 1. The average molecular weight is 564 g/mol. The Hall–Kier alpha value is -1.94. The Morgan fingerprint density at radius 3 is 2.13 bits per heavy atom. The third-order valence-electron chi connectivity index (χ3n) is 6.38. The standard InChI is InChI=1S/C31H50NO6P/c1-2-3-4-5-6-7-8-9-10-11-12-13-14-15-16-20-31(34)32-30(27-38-39(35,36)37)26-29-23-21-28(22-24-29)19-17-18-25-33/h9-10,21-24,30,33H,2-8,11-16,18,20,25-27H2,1H3,(H,32,34)(H2,35,36,37). The second kappa shape index (κ2) is 22.8. The SMILES string of the molecule is CCCCCCCCC=CCCCCCCCC(=O)NC(COP(=O)(O)O)Cc1ccc(C#CCCO)cc1. The Labute approximate surface area is 236 Å². The fourth-order valence-corrected chi connectivity index (χ4v) is 4.60. The van der Waals surface area contributed by atoms with Crippen LogP contribution in [0.3, 0.4) is 0 Å². The highest BCUT2D eigenvalue weighted by Gasteiger charge is 2.20. The van der Waals surface area contributed by atoms with Gasteiger partial charge in [0, 0.05) is 18.4 Å². The first-order valence-electron chi connectivity index (χ1n) is 14.7. The maximum atomic E-state index is 12.5. The minimum atomic E-state index is -4.64. The molecule has 0 fully saturated rings. The highest BCUT2D eigenvalue weighted by Crippen LogP contribution is 2.35. The van der Waals surface area contributed by atoms with Gasteiger partial charge in [0.15, 0.2) is 0 Å². The van der Waals surface area contributed by atoms with E-state index in [9.17, 15) is 9.36 Å². The lowest BCUT2D eigenvalue weighted by molar-refractivity contribution is -0.122. The Morgan fingerprint density at radius 1 is 0.949 bits per heavy atom. The van der Waals surface area contributed by atoms with Crippen molar-refractivity contribution in [2.24, 2.45) is 0 Å². The van der Waals surface area contributed by atoms with E-state index in [1.165, 1.54) is 51.4 Å². The van der Waals surface area contributed by atoms with Crippen LogP contribution in [-0.2, 0) is 20.3 Å². The van der Waals surface area contributed by atoms with E-state index in [1.807, 2.05) is 24.3 Å². The number of hydrogen-bond acceptors (Lipinski definition) is 4. The van der Waals surface area contributed by atoms with Crippen molar-refractivity contribution in [3.05, 3.63) is 47.5 Å². The first-order valence-corrected chi connectivity index (χ1v) is 16.2. The van der Waals surface area contributed by atoms with Crippen molar-refractivity contribution in [3.63, 3.8) is 0 Å². The minimum absolute atomic E-state index is 0.0169. The van der Waals surface area contributed by atoms with Crippen LogP contribution >= 0.6 is 7.82 Å². The molecule has 220 valence electrons. The zero-order valence-electron chi connectivity index (χ0n) is 23.8. The molecule has 4 N–H and O–H groups in total. The number of aliphatic hydroxyl groups excluding tert-OH is 1. The zero-order chi connectivity index (χ0) is 28.6. The van der Waals surface area contributed by atoms with E-state index < -0.39 is 13.9 Å². The molecule has 1 unspecified atom stereocenters. The number of phosphoric ester groups is 1. The summed E-state index contributed by atoms with van der Waals surface area (Å²) in [5, 5.41) is 11.7. The van der Waals surface area contributed by atoms with Gasteiger partial charge in [-0.3, -0.25) is 9.32 Å². The lowest BCUT2D eigenvalue weighted by Crippen LogP contribution is -2.39. The number of aliphatic hydroxyl groups is 1. The molecule has 1 aromatic rings. The number of amides is 1. The van der Waals surface area contributed by atoms with E-state index in [-0.39, 0.29) is 19.1 Å². The molecular formula is C31H50NO6P. The molecular weight excluding hydrogens is 513 g/mol. The summed E-state index contributed by atoms with van der Waals surface area (Å²) in [6, 6.07) is 6.86. The van der Waals surface area contributed by atoms with Crippen LogP contribution in [0.15, 0.2) is 36.4 Å². The van der Waals surface area contributed by atoms with Crippen LogP contribution in [0.1, 0.15) is 114 Å². The Kier molecular flexibility index (Phi) is 20.5. The van der Waals surface area contributed by atoms with Gasteiger partial charge in [-0.25, -0.2) is 4.57 Å². The molecule has 0 aliphatic rings. The topological polar surface area (TPSA) is 116 Å². The zero-order valence-corrected chi connectivity index (χ0v) is 24.7. The average Bonchev–Trinajstić information content (AvgIpc) is 2.90. The molecule has 0 spiro atoms. The van der Waals surface area contributed by atoms with Gasteiger partial charge >= 0.3 is 7.82 Å². The summed E-state index contributed by atoms with van der Waals surface area (Å²) in [6.07, 6.45) is 21.3. The van der Waals surface area contributed by atoms with Gasteiger partial charge in [0.1, 0.15) is 0 Å². The molecule has 0 aliphatic carbocycles. The van der Waals surface area contributed by atoms with Gasteiger partial charge in [0.2, 0.25) is 5.91 Å². The molecule has 1 atom stereocenters. The number of phosphoric acid groups is 1. The third-order valence-corrected chi connectivity index (χ3v) is 6.87. The van der Waals surface area contributed by atoms with Crippen molar-refractivity contribution in [3.8, 4) is 11.8 Å². The number of carbonyl (C=O) groups excluding carboxylic acids is 1. The Bertz CT molecular complexity index is 900. The van der Waals surface area contributed by atoms with Crippen molar-refractivity contribution in [1.29, 1.82) is 0 Å². The highest BCUT2D eigenvalue weighted by molar-refractivity contribution is 7.46. The van der Waals surface area contributed by atoms with E-state index in [1.54, 1.807) is 0 Å². The number of unbranched alkanes of at least 4 members (excludes halogenated alkanes) is 11. The molecule has 1 rings (SSSR count). The van der Waals surface area contributed by atoms with Crippen molar-refractivity contribution in [2.75, 3.05) is 13.2 Å². The number of hydrogen-bond donors (Lipinski definition) is 4. The highest BCUT2D eigenvalue weighted by atomic mass is 31.2. The van der Waals surface area contributed by atoms with Crippen molar-refractivity contribution < 1.29 is 28.8 Å². The molecule has 39 heavy (non-hydrogen) atoms. The molecule has 0 heterocycles. The molecule has 1 amide bonds. The van der Waals surface area contributed by atoms with Crippen molar-refractivity contribution in [2.45, 2.75) is 116 Å². The van der Waals surface area contributed by atoms with Crippen LogP contribution < -0.4 is 5.32 Å². The molecule has 1 aromatic carbocycles. The quantitative estimate of drug-likeness (QED) is 0.0547. The van der Waals surface area contributed by atoms with Gasteiger partial charge in [-0.2, -0.15) is 0 Å². The summed E-state index contributed by atoms with van der Waals surface area (Å²) in [5.74, 6) is 5.68. The molecule has 0 saturated carbocycles. The van der Waals surface area contributed by atoms with E-state index in [0.29, 0.717) is 19.3 Å². The van der Waals surface area contributed by atoms with Crippen LogP contribution in [-0.4, -0.2) is 40.1 Å². The molecule has 0 aromatic heterocycles. The number of carbonyl (C=O) groups is 1. The molecule has 0 bridgehead atoms. The fraction of sp³-hybridized carbons (Fsp3) is 0.645. The Balaban J connectivity index is 2.28. The van der Waals surface area contributed by atoms with E-state index >= 15 is 0 Å². The van der Waals surface area contributed by atoms with Gasteiger partial charge < -0.3 is 20.2 Å². The first-order chi connectivity index (χ1) is 18.8. The minimum Gasteiger partial charge on any atom is -0.395 e. The van der Waals surface area contributed by atoms with Crippen LogP contribution in [0, 0.1) is 11.8 Å². The predicted octanol–water partition coefficient (Wildman–Crippen LogP) is 6.59. The van der Waals surface area contributed by atoms with Crippen molar-refractivity contribution >= 4 is 13.7 Å². The van der Waals surface area contributed by atoms with Gasteiger partial charge in [0.05, 0.1) is 19.3 Å². The summed E-state index contributed by atoms with van der Waals surface area (Å²) in [4.78, 5) is 30.7. The predicted molar refractivity (Wildman–Crippen MR) is 158 cm³/mol. The van der Waals surface area contributed by atoms with Crippen molar-refractivity contribution in [1.82, 2.24) is 5.32 Å². The monoisotopic (exact) mass is 563 g/mol. The van der Waals surface area contributed by atoms with Gasteiger partial charge in [0.25, 0.3) is 0 Å². The molecule has 0 saturated heterocycles. The summed E-state index contributed by atoms with van der Waals surface area (Å²) >= 11 is 0. The first kappa shape index (κ1) is 35.1. The maximum absolute atomic E-state index is 12.5. The summed E-state index contributed by atoms with van der Waals surface area (Å²) in [7, 11) is -4.64. The molecule has 7 nitrogen and oxygen atoms in total. The fourth-order valence-electron chi connectivity index (χ4n) is 4.22. The van der Waals surface area contributed by atoms with Crippen LogP contribution in [0.4, 0.5) is 0 Å². The van der Waals surface area contributed by atoms with Gasteiger partial charge in [-0.05, 0) is 56.2 Å². The summed E-state index contributed by atoms with van der Waals surface area (Å²) in [5.41, 5.74) is 1.70. The number of benzene rings is 1. The lowest BCUT2D eigenvalue weighted by Gasteiger charge is -2.19. The van der Waals surface area contributed by atoms with E-state index in [4.69, 9.17) is 14.9 Å². The number of allylic oxidation sites excluding steroid dienone is 2. The Morgan fingerprint density at radius 2 is 1.54 bits per heavy atom. The smallest absolute Gasteiger partial charge is 0.395 e. The third kappa shape index (κ3) is 21.5. The maximum Gasteiger partial charge on any atom is 0.469 e. The van der Waals surface area contributed by atoms with E-state index in [0.717, 1.165) is 43.2 Å². The molecule has 8 heteroatoms. The van der Waals surface area contributed by atoms with Crippen LogP contribution in [0.25, 0.3) is 0 Å². The van der Waals surface area contributed by atoms with Gasteiger partial charge in [-0.15, -0.1) is 0 Å². The lowest BCUT2D eigenvalue weighted by atomic mass is 10.0. The summed E-state index contributed by atoms with van der Waals surface area (Å²) < 4.78 is 15.9. The summed E-state index contributed by atoms with van der Waals surface area (Å²) in [6.45, 7) is 1.99. The van der Waals surface area contributed by atoms with E-state index in [2.05, 4.69) is 40.8 Å². The normalized spacial score (nSPS) is 12.3. The number of rotatable bonds is 22. The largest absolute Gasteiger partial charge is 0.469 e. The van der Waals surface area contributed by atoms with Crippen LogP contribution in [0.5, 0.6) is 0 Å². The second-order valence-corrected chi connectivity index (χ2v) is 11.3. The van der Waals surface area contributed by atoms with Gasteiger partial charge in [-0.1, -0.05) is 94.4 Å².